The third kappa shape index (κ3) is 2.66. The van der Waals surface area contributed by atoms with Crippen molar-refractivity contribution in [1.29, 1.82) is 0 Å². The van der Waals surface area contributed by atoms with Gasteiger partial charge < -0.3 is 9.32 Å². The molecule has 20 heavy (non-hydrogen) atoms. The van der Waals surface area contributed by atoms with E-state index in [4.69, 9.17) is 4.42 Å². The van der Waals surface area contributed by atoms with Crippen molar-refractivity contribution in [3.63, 3.8) is 0 Å². The molecule has 0 aliphatic carbocycles. The maximum Gasteiger partial charge on any atom is 0.340 e. The molecule has 1 saturated heterocycles. The van der Waals surface area contributed by atoms with Crippen LogP contribution < -0.4 is 5.69 Å². The zero-order chi connectivity index (χ0) is 13.9. The van der Waals surface area contributed by atoms with Crippen LogP contribution in [0.3, 0.4) is 0 Å². The van der Waals surface area contributed by atoms with Gasteiger partial charge in [0, 0.05) is 19.0 Å². The van der Waals surface area contributed by atoms with Crippen LogP contribution >= 0.6 is 0 Å². The van der Waals surface area contributed by atoms with Gasteiger partial charge >= 0.3 is 5.69 Å². The lowest BCUT2D eigenvalue weighted by Crippen LogP contribution is -2.40. The molecule has 3 rings (SSSR count). The maximum atomic E-state index is 12.2. The number of carbonyl (C=O) groups is 1. The molecular weight excluding hydrogens is 260 g/mol. The van der Waals surface area contributed by atoms with Gasteiger partial charge in [-0.3, -0.25) is 9.78 Å². The predicted molar refractivity (Wildman–Crippen MR) is 70.2 cm³/mol. The Hall–Kier alpha value is -2.31. The van der Waals surface area contributed by atoms with E-state index in [-0.39, 0.29) is 17.5 Å². The molecule has 0 spiro atoms. The molecule has 1 atom stereocenters. The molecule has 7 nitrogen and oxygen atoms in total. The summed E-state index contributed by atoms with van der Waals surface area (Å²) in [6.07, 6.45) is 5.34. The Morgan fingerprint density at radius 3 is 3.15 bits per heavy atom. The molecule has 0 saturated carbocycles. The molecule has 1 aliphatic rings. The number of hydrogen-bond acceptors (Lipinski definition) is 4. The van der Waals surface area contributed by atoms with Crippen molar-refractivity contribution in [2.45, 2.75) is 25.2 Å². The number of piperidine rings is 1. The van der Waals surface area contributed by atoms with Crippen molar-refractivity contribution in [3.8, 4) is 0 Å². The van der Waals surface area contributed by atoms with Gasteiger partial charge in [0.05, 0.1) is 18.9 Å². The van der Waals surface area contributed by atoms with E-state index in [1.54, 1.807) is 18.6 Å². The second-order valence-corrected chi connectivity index (χ2v) is 5.05. The number of H-pyrrole nitrogens is 2. The minimum Gasteiger partial charge on any atom is -0.472 e. The Morgan fingerprint density at radius 1 is 1.55 bits per heavy atom. The van der Waals surface area contributed by atoms with Crippen LogP contribution in [-0.4, -0.2) is 39.1 Å². The third-order valence-corrected chi connectivity index (χ3v) is 3.62. The Balaban J connectivity index is 1.65. The first-order valence-electron chi connectivity index (χ1n) is 6.66. The lowest BCUT2D eigenvalue weighted by atomic mass is 9.97. The van der Waals surface area contributed by atoms with Crippen LogP contribution in [0.5, 0.6) is 0 Å². The summed E-state index contributed by atoms with van der Waals surface area (Å²) in [5.74, 6) is 0.806. The Labute approximate surface area is 115 Å². The molecule has 7 heteroatoms. The molecule has 106 valence electrons. The van der Waals surface area contributed by atoms with Gasteiger partial charge in [0.2, 0.25) is 5.91 Å². The molecule has 1 aliphatic heterocycles. The van der Waals surface area contributed by atoms with Crippen molar-refractivity contribution < 1.29 is 9.21 Å². The van der Waals surface area contributed by atoms with Crippen molar-refractivity contribution in [2.75, 3.05) is 13.1 Å². The van der Waals surface area contributed by atoms with E-state index in [2.05, 4.69) is 15.2 Å². The van der Waals surface area contributed by atoms with Crippen molar-refractivity contribution in [1.82, 2.24) is 20.1 Å². The third-order valence-electron chi connectivity index (χ3n) is 3.62. The van der Waals surface area contributed by atoms with Crippen LogP contribution in [0, 0.1) is 0 Å². The highest BCUT2D eigenvalue weighted by atomic mass is 16.3. The number of aromatic nitrogens is 3. The average Bonchev–Trinajstić information content (AvgIpc) is 3.10. The summed E-state index contributed by atoms with van der Waals surface area (Å²) in [7, 11) is 0. The molecule has 1 fully saturated rings. The van der Waals surface area contributed by atoms with Crippen LogP contribution in [-0.2, 0) is 11.2 Å². The van der Waals surface area contributed by atoms with Gasteiger partial charge in [0.25, 0.3) is 0 Å². The molecule has 1 amide bonds. The summed E-state index contributed by atoms with van der Waals surface area (Å²) >= 11 is 0. The zero-order valence-corrected chi connectivity index (χ0v) is 11.0. The molecule has 2 N–H and O–H groups in total. The van der Waals surface area contributed by atoms with Gasteiger partial charge in [-0.2, -0.15) is 5.10 Å². The quantitative estimate of drug-likeness (QED) is 0.860. The second-order valence-electron chi connectivity index (χ2n) is 5.05. The van der Waals surface area contributed by atoms with E-state index in [1.807, 2.05) is 4.90 Å². The monoisotopic (exact) mass is 276 g/mol. The summed E-state index contributed by atoms with van der Waals surface area (Å²) in [5.41, 5.74) is 0.576. The lowest BCUT2D eigenvalue weighted by Gasteiger charge is -2.31. The normalized spacial score (nSPS) is 19.2. The molecule has 0 bridgehead atoms. The molecule has 3 heterocycles. The highest BCUT2D eigenvalue weighted by Crippen LogP contribution is 2.24. The Morgan fingerprint density at radius 2 is 2.45 bits per heavy atom. The van der Waals surface area contributed by atoms with Crippen molar-refractivity contribution in [2.24, 2.45) is 0 Å². The number of furan rings is 1. The molecular formula is C13H16N4O3. The fourth-order valence-electron chi connectivity index (χ4n) is 2.58. The van der Waals surface area contributed by atoms with Crippen molar-refractivity contribution >= 4 is 5.91 Å². The number of hydrogen-bond donors (Lipinski definition) is 2. The highest BCUT2D eigenvalue weighted by Gasteiger charge is 2.26. The van der Waals surface area contributed by atoms with Gasteiger partial charge in [-0.05, 0) is 24.5 Å². The first-order chi connectivity index (χ1) is 9.72. The minimum atomic E-state index is -0.304. The highest BCUT2D eigenvalue weighted by molar-refractivity contribution is 5.78. The summed E-state index contributed by atoms with van der Waals surface area (Å²) in [6, 6.07) is 1.80. The fraction of sp³-hybridized carbons (Fsp3) is 0.462. The topological polar surface area (TPSA) is 95.0 Å². The Kier molecular flexibility index (Phi) is 3.41. The van der Waals surface area contributed by atoms with Gasteiger partial charge in [-0.15, -0.1) is 0 Å². The number of amides is 1. The summed E-state index contributed by atoms with van der Waals surface area (Å²) < 4.78 is 4.97. The van der Waals surface area contributed by atoms with Gasteiger partial charge in [-0.1, -0.05) is 0 Å². The van der Waals surface area contributed by atoms with Crippen LogP contribution in [0.15, 0.2) is 27.8 Å². The van der Waals surface area contributed by atoms with Crippen LogP contribution in [0.1, 0.15) is 30.1 Å². The lowest BCUT2D eigenvalue weighted by molar-refractivity contribution is -0.131. The fourth-order valence-corrected chi connectivity index (χ4v) is 2.58. The van der Waals surface area contributed by atoms with Crippen LogP contribution in [0.2, 0.25) is 0 Å². The van der Waals surface area contributed by atoms with Gasteiger partial charge in [0.1, 0.15) is 5.82 Å². The van der Waals surface area contributed by atoms with E-state index < -0.39 is 0 Å². The van der Waals surface area contributed by atoms with E-state index in [0.29, 0.717) is 18.8 Å². The first kappa shape index (κ1) is 12.7. The SMILES string of the molecule is O=C(Cc1ccoc1)N1CCCC(c2n[nH]c(=O)[nH]2)C1. The molecule has 1 unspecified atom stereocenters. The molecule has 0 radical (unpaired) electrons. The summed E-state index contributed by atoms with van der Waals surface area (Å²) in [4.78, 5) is 27.8. The largest absolute Gasteiger partial charge is 0.472 e. The number of likely N-dealkylation sites (tertiary alicyclic amines) is 1. The van der Waals surface area contributed by atoms with E-state index in [1.165, 1.54) is 0 Å². The average molecular weight is 276 g/mol. The molecule has 2 aromatic rings. The smallest absolute Gasteiger partial charge is 0.340 e. The minimum absolute atomic E-state index is 0.0778. The van der Waals surface area contributed by atoms with E-state index in [9.17, 15) is 9.59 Å². The predicted octanol–water partition coefficient (Wildman–Crippen LogP) is 0.640. The van der Waals surface area contributed by atoms with Crippen LogP contribution in [0.4, 0.5) is 0 Å². The van der Waals surface area contributed by atoms with E-state index in [0.717, 1.165) is 24.9 Å². The number of aromatic amines is 2. The zero-order valence-electron chi connectivity index (χ0n) is 11.0. The number of nitrogens with one attached hydrogen (secondary N) is 2. The van der Waals surface area contributed by atoms with E-state index >= 15 is 0 Å². The maximum absolute atomic E-state index is 12.2. The summed E-state index contributed by atoms with van der Waals surface area (Å²) in [5, 5.41) is 6.33. The number of carbonyl (C=O) groups excluding carboxylic acids is 1. The number of rotatable bonds is 3. The molecule has 0 aromatic carbocycles. The molecule has 2 aromatic heterocycles. The second kappa shape index (κ2) is 5.36. The Bertz CT molecular complexity index is 628. The van der Waals surface area contributed by atoms with Crippen LogP contribution in [0.25, 0.3) is 0 Å². The standard InChI is InChI=1S/C13H16N4O3/c18-11(6-9-3-5-20-8-9)17-4-1-2-10(7-17)12-14-13(19)16-15-12/h3,5,8,10H,1-2,4,6-7H2,(H2,14,15,16,19). The number of nitrogens with zero attached hydrogens (tertiary/aromatic N) is 2. The van der Waals surface area contributed by atoms with Crippen molar-refractivity contribution in [3.05, 3.63) is 40.5 Å². The first-order valence-corrected chi connectivity index (χ1v) is 6.66. The van der Waals surface area contributed by atoms with Gasteiger partial charge in [0.15, 0.2) is 0 Å². The van der Waals surface area contributed by atoms with Gasteiger partial charge in [-0.25, -0.2) is 9.89 Å². The summed E-state index contributed by atoms with van der Waals surface area (Å²) in [6.45, 7) is 1.35.